The molecule has 1 fully saturated rings. The van der Waals surface area contributed by atoms with Crippen molar-refractivity contribution in [1.82, 2.24) is 9.29 Å². The Morgan fingerprint density at radius 3 is 2.79 bits per heavy atom. The summed E-state index contributed by atoms with van der Waals surface area (Å²) in [6.07, 6.45) is 1.01. The van der Waals surface area contributed by atoms with E-state index in [2.05, 4.69) is 4.98 Å². The monoisotopic (exact) mass is 369 g/mol. The third kappa shape index (κ3) is 3.35. The molecular weight excluding hydrogens is 350 g/mol. The second-order valence-electron chi connectivity index (χ2n) is 6.28. The fraction of sp³-hybridized carbons (Fsp3) is 0.438. The number of pyridine rings is 1. The normalized spacial score (nSPS) is 21.8. The molecule has 130 valence electrons. The third-order valence-corrected chi connectivity index (χ3v) is 6.61. The average Bonchev–Trinajstić information content (AvgIpc) is 2.86. The van der Waals surface area contributed by atoms with Crippen LogP contribution in [-0.2, 0) is 10.0 Å². The number of hydrogen-bond donors (Lipinski definition) is 1. The summed E-state index contributed by atoms with van der Waals surface area (Å²) in [6.45, 7) is 0.880. The van der Waals surface area contributed by atoms with Crippen molar-refractivity contribution in [3.05, 3.63) is 35.5 Å². The first-order chi connectivity index (χ1) is 11.3. The highest BCUT2D eigenvalue weighted by molar-refractivity contribution is 7.89. The van der Waals surface area contributed by atoms with Crippen molar-refractivity contribution in [2.45, 2.75) is 6.10 Å². The van der Waals surface area contributed by atoms with E-state index in [9.17, 15) is 13.5 Å². The lowest BCUT2D eigenvalue weighted by Gasteiger charge is -2.20. The third-order valence-electron chi connectivity index (χ3n) is 4.41. The zero-order valence-electron chi connectivity index (χ0n) is 13.6. The first-order valence-corrected chi connectivity index (χ1v) is 9.64. The van der Waals surface area contributed by atoms with Crippen LogP contribution in [0.2, 0.25) is 5.02 Å². The van der Waals surface area contributed by atoms with E-state index in [1.54, 1.807) is 18.3 Å². The summed E-state index contributed by atoms with van der Waals surface area (Å²) < 4.78 is 25.4. The maximum absolute atomic E-state index is 12.1. The van der Waals surface area contributed by atoms with E-state index < -0.39 is 16.1 Å². The minimum absolute atomic E-state index is 0.0630. The van der Waals surface area contributed by atoms with Crippen molar-refractivity contribution in [3.8, 4) is 0 Å². The molecule has 1 N–H and O–H groups in total. The molecule has 0 unspecified atom stereocenters. The highest BCUT2D eigenvalue weighted by Gasteiger charge is 2.35. The van der Waals surface area contributed by atoms with Crippen LogP contribution in [0.3, 0.4) is 0 Å². The lowest BCUT2D eigenvalue weighted by molar-refractivity contribution is 0.157. The molecule has 24 heavy (non-hydrogen) atoms. The summed E-state index contributed by atoms with van der Waals surface area (Å²) in [5, 5.41) is 11.9. The molecule has 0 radical (unpaired) electrons. The number of aromatic nitrogens is 1. The number of sulfonamides is 1. The zero-order chi connectivity index (χ0) is 17.5. The molecule has 1 aliphatic rings. The van der Waals surface area contributed by atoms with Gasteiger partial charge in [0, 0.05) is 55.4 Å². The number of fused-ring (bicyclic) bond motifs is 1. The van der Waals surface area contributed by atoms with Gasteiger partial charge in [-0.25, -0.2) is 12.7 Å². The molecule has 2 heterocycles. The maximum atomic E-state index is 12.1. The molecule has 3 rings (SSSR count). The molecule has 0 aliphatic carbocycles. The number of aliphatic hydroxyl groups is 1. The fourth-order valence-electron chi connectivity index (χ4n) is 3.02. The standard InChI is InChI=1S/C16H20ClN3O3S/c1-19(2)24(22,23)10-11-8-20(9-16(11)21)15-5-6-18-14-7-12(17)3-4-13(14)15/h3-7,11,16,21H,8-10H2,1-2H3/t11-,16+/m0/s1. The van der Waals surface area contributed by atoms with Crippen LogP contribution in [0.5, 0.6) is 0 Å². The Morgan fingerprint density at radius 2 is 2.08 bits per heavy atom. The minimum atomic E-state index is -3.35. The molecule has 2 aromatic rings. The Labute approximate surface area is 146 Å². The number of rotatable bonds is 4. The second-order valence-corrected chi connectivity index (χ2v) is 8.95. The molecule has 0 amide bonds. The fourth-order valence-corrected chi connectivity index (χ4v) is 4.35. The van der Waals surface area contributed by atoms with Crippen LogP contribution in [0.25, 0.3) is 10.9 Å². The molecule has 1 saturated heterocycles. The Balaban J connectivity index is 1.88. The summed E-state index contributed by atoms with van der Waals surface area (Å²) in [7, 11) is -0.334. The maximum Gasteiger partial charge on any atom is 0.214 e. The van der Waals surface area contributed by atoms with E-state index in [4.69, 9.17) is 11.6 Å². The second kappa shape index (κ2) is 6.48. The minimum Gasteiger partial charge on any atom is -0.391 e. The van der Waals surface area contributed by atoms with Crippen LogP contribution in [0.15, 0.2) is 30.5 Å². The number of nitrogens with zero attached hydrogens (tertiary/aromatic N) is 3. The van der Waals surface area contributed by atoms with E-state index in [0.717, 1.165) is 16.6 Å². The predicted molar refractivity (Wildman–Crippen MR) is 95.9 cm³/mol. The van der Waals surface area contributed by atoms with Gasteiger partial charge in [0.05, 0.1) is 17.4 Å². The molecule has 8 heteroatoms. The molecule has 2 atom stereocenters. The van der Waals surface area contributed by atoms with E-state index in [-0.39, 0.29) is 11.7 Å². The van der Waals surface area contributed by atoms with Crippen LogP contribution in [-0.4, -0.2) is 61.9 Å². The lowest BCUT2D eigenvalue weighted by atomic mass is 10.1. The Morgan fingerprint density at radius 1 is 1.33 bits per heavy atom. The molecule has 0 bridgehead atoms. The van der Waals surface area contributed by atoms with Crippen LogP contribution in [0, 0.1) is 5.92 Å². The summed E-state index contributed by atoms with van der Waals surface area (Å²) in [5.74, 6) is -0.389. The summed E-state index contributed by atoms with van der Waals surface area (Å²) in [4.78, 5) is 6.33. The van der Waals surface area contributed by atoms with Gasteiger partial charge in [0.15, 0.2) is 0 Å². The first kappa shape index (κ1) is 17.4. The van der Waals surface area contributed by atoms with Crippen molar-refractivity contribution in [3.63, 3.8) is 0 Å². The van der Waals surface area contributed by atoms with Crippen LogP contribution in [0.1, 0.15) is 0 Å². The molecular formula is C16H20ClN3O3S. The SMILES string of the molecule is CN(C)S(=O)(=O)C[C@@H]1CN(c2ccnc3cc(Cl)ccc23)C[C@H]1O. The number of halogens is 1. The van der Waals surface area contributed by atoms with Crippen molar-refractivity contribution in [2.24, 2.45) is 5.92 Å². The van der Waals surface area contributed by atoms with Gasteiger partial charge in [0.2, 0.25) is 10.0 Å². The summed E-state index contributed by atoms with van der Waals surface area (Å²) in [6, 6.07) is 7.37. The molecule has 1 aromatic heterocycles. The Hall–Kier alpha value is -1.41. The number of anilines is 1. The van der Waals surface area contributed by atoms with Crippen molar-refractivity contribution in [1.29, 1.82) is 0 Å². The highest BCUT2D eigenvalue weighted by Crippen LogP contribution is 2.31. The number of β-amino-alcohol motifs (C(OH)–C–C–N with tert-alkyl or cyclic N) is 1. The van der Waals surface area contributed by atoms with E-state index in [1.165, 1.54) is 18.4 Å². The largest absolute Gasteiger partial charge is 0.391 e. The van der Waals surface area contributed by atoms with E-state index in [1.807, 2.05) is 17.0 Å². The number of hydrogen-bond acceptors (Lipinski definition) is 5. The quantitative estimate of drug-likeness (QED) is 0.885. The van der Waals surface area contributed by atoms with Gasteiger partial charge >= 0.3 is 0 Å². The van der Waals surface area contributed by atoms with E-state index in [0.29, 0.717) is 18.1 Å². The summed E-state index contributed by atoms with van der Waals surface area (Å²) >= 11 is 6.01. The lowest BCUT2D eigenvalue weighted by Crippen LogP contribution is -2.33. The number of aliphatic hydroxyl groups excluding tert-OH is 1. The predicted octanol–water partition coefficient (Wildman–Crippen LogP) is 1.58. The van der Waals surface area contributed by atoms with Crippen molar-refractivity contribution < 1.29 is 13.5 Å². The average molecular weight is 370 g/mol. The molecule has 1 aliphatic heterocycles. The van der Waals surface area contributed by atoms with E-state index >= 15 is 0 Å². The van der Waals surface area contributed by atoms with Gasteiger partial charge in [0.1, 0.15) is 0 Å². The molecule has 6 nitrogen and oxygen atoms in total. The van der Waals surface area contributed by atoms with Gasteiger partial charge < -0.3 is 10.0 Å². The Bertz CT molecular complexity index is 857. The smallest absolute Gasteiger partial charge is 0.214 e. The molecule has 1 aromatic carbocycles. The van der Waals surface area contributed by atoms with Gasteiger partial charge in [0.25, 0.3) is 0 Å². The van der Waals surface area contributed by atoms with Gasteiger partial charge in [-0.15, -0.1) is 0 Å². The van der Waals surface area contributed by atoms with Gasteiger partial charge in [-0.2, -0.15) is 0 Å². The highest BCUT2D eigenvalue weighted by atomic mass is 35.5. The number of benzene rings is 1. The zero-order valence-corrected chi connectivity index (χ0v) is 15.1. The van der Waals surface area contributed by atoms with Crippen molar-refractivity contribution in [2.75, 3.05) is 37.8 Å². The van der Waals surface area contributed by atoms with Crippen molar-refractivity contribution >= 4 is 38.2 Å². The molecule has 0 spiro atoms. The summed E-state index contributed by atoms with van der Waals surface area (Å²) in [5.41, 5.74) is 1.71. The van der Waals surface area contributed by atoms with Crippen LogP contribution in [0.4, 0.5) is 5.69 Å². The first-order valence-electron chi connectivity index (χ1n) is 7.65. The van der Waals surface area contributed by atoms with Gasteiger partial charge in [-0.05, 0) is 24.3 Å². The molecule has 0 saturated carbocycles. The van der Waals surface area contributed by atoms with Gasteiger partial charge in [-0.3, -0.25) is 4.98 Å². The van der Waals surface area contributed by atoms with Gasteiger partial charge in [-0.1, -0.05) is 11.6 Å². The topological polar surface area (TPSA) is 73.7 Å². The Kier molecular flexibility index (Phi) is 4.70. The van der Waals surface area contributed by atoms with Crippen LogP contribution >= 0.6 is 11.6 Å². The van der Waals surface area contributed by atoms with Crippen LogP contribution < -0.4 is 4.90 Å².